The fraction of sp³-hybridized carbons (Fsp3) is 0.0909. The number of nitro benzene ring substituents is 2. The van der Waals surface area contributed by atoms with Gasteiger partial charge in [0.1, 0.15) is 0 Å². The molecule has 0 aliphatic carbocycles. The van der Waals surface area contributed by atoms with Crippen LogP contribution in [0.15, 0.2) is 48.8 Å². The van der Waals surface area contributed by atoms with Crippen LogP contribution in [0.5, 0.6) is 0 Å². The zero-order valence-electron chi connectivity index (χ0n) is 17.4. The van der Waals surface area contributed by atoms with Gasteiger partial charge in [-0.2, -0.15) is 0 Å². The molecule has 33 heavy (non-hydrogen) atoms. The zero-order valence-corrected chi connectivity index (χ0v) is 17.4. The number of amides is 2. The van der Waals surface area contributed by atoms with Gasteiger partial charge in [-0.1, -0.05) is 0 Å². The van der Waals surface area contributed by atoms with Crippen molar-refractivity contribution in [2.75, 3.05) is 0 Å². The number of non-ortho nitro benzene ring substituents is 2. The summed E-state index contributed by atoms with van der Waals surface area (Å²) >= 11 is 0. The largest absolute Gasteiger partial charge is 0.350 e. The number of imide groups is 1. The number of fused-ring (bicyclic) bond motifs is 2. The Hall–Kier alpha value is -4.80. The summed E-state index contributed by atoms with van der Waals surface area (Å²) in [5, 5.41) is 25.8. The SMILES string of the molecule is Cn1cc(C2=C(c3cn(C)c4cc([N+](=O)[O-])ccc34)C(=O)NC2=O)c2ccc([N+](=O)[O-])cc21. The fourth-order valence-corrected chi connectivity index (χ4v) is 4.34. The van der Waals surface area contributed by atoms with E-state index in [0.29, 0.717) is 32.9 Å². The maximum absolute atomic E-state index is 12.9. The number of hydrogen-bond acceptors (Lipinski definition) is 6. The van der Waals surface area contributed by atoms with Crippen LogP contribution in [0.2, 0.25) is 0 Å². The second-order valence-corrected chi connectivity index (χ2v) is 7.76. The van der Waals surface area contributed by atoms with Gasteiger partial charge in [0.2, 0.25) is 0 Å². The Morgan fingerprint density at radius 3 is 1.48 bits per heavy atom. The van der Waals surface area contributed by atoms with Crippen LogP contribution in [0.3, 0.4) is 0 Å². The molecule has 0 atom stereocenters. The number of nitrogens with zero attached hydrogens (tertiary/aromatic N) is 4. The second-order valence-electron chi connectivity index (χ2n) is 7.76. The molecule has 0 bridgehead atoms. The molecule has 4 aromatic rings. The molecule has 164 valence electrons. The van der Waals surface area contributed by atoms with Gasteiger partial charge in [-0.15, -0.1) is 0 Å². The molecule has 2 aromatic carbocycles. The smallest absolute Gasteiger partial charge is 0.271 e. The summed E-state index contributed by atoms with van der Waals surface area (Å²) in [6.07, 6.45) is 3.30. The minimum Gasteiger partial charge on any atom is -0.350 e. The highest BCUT2D eigenvalue weighted by Gasteiger charge is 2.35. The van der Waals surface area contributed by atoms with Crippen LogP contribution in [0, 0.1) is 20.2 Å². The standard InChI is InChI=1S/C22H15N5O6/c1-24-9-15(13-5-3-11(26(30)31)7-17(13)24)19-20(22(29)23-21(19)28)16-10-25(2)18-8-12(27(32)33)4-6-14(16)18/h3-10H,1-2H3,(H,23,28,29). The minimum absolute atomic E-state index is 0.0907. The van der Waals surface area contributed by atoms with Gasteiger partial charge in [-0.3, -0.25) is 35.1 Å². The lowest BCUT2D eigenvalue weighted by Crippen LogP contribution is -2.22. The second kappa shape index (κ2) is 6.85. The Balaban J connectivity index is 1.80. The lowest BCUT2D eigenvalue weighted by molar-refractivity contribution is -0.384. The van der Waals surface area contributed by atoms with E-state index in [9.17, 15) is 29.8 Å². The van der Waals surface area contributed by atoms with Gasteiger partial charge >= 0.3 is 0 Å². The van der Waals surface area contributed by atoms with Crippen molar-refractivity contribution in [3.63, 3.8) is 0 Å². The average molecular weight is 445 g/mol. The highest BCUT2D eigenvalue weighted by Crippen LogP contribution is 2.39. The zero-order chi connectivity index (χ0) is 23.6. The molecule has 11 nitrogen and oxygen atoms in total. The average Bonchev–Trinajstić information content (AvgIpc) is 3.37. The van der Waals surface area contributed by atoms with Crippen molar-refractivity contribution < 1.29 is 19.4 Å². The van der Waals surface area contributed by atoms with Crippen molar-refractivity contribution in [3.8, 4) is 0 Å². The number of rotatable bonds is 4. The summed E-state index contributed by atoms with van der Waals surface area (Å²) < 4.78 is 3.32. The number of carbonyl (C=O) groups is 2. The van der Waals surface area contributed by atoms with E-state index in [-0.39, 0.29) is 22.5 Å². The van der Waals surface area contributed by atoms with Crippen LogP contribution in [0.25, 0.3) is 33.0 Å². The normalized spacial score (nSPS) is 13.9. The molecule has 2 amide bonds. The summed E-state index contributed by atoms with van der Waals surface area (Å²) in [4.78, 5) is 47.1. The summed E-state index contributed by atoms with van der Waals surface area (Å²) in [6, 6.07) is 8.61. The molecule has 5 rings (SSSR count). The van der Waals surface area contributed by atoms with E-state index in [1.165, 1.54) is 24.3 Å². The molecule has 11 heteroatoms. The van der Waals surface area contributed by atoms with Crippen molar-refractivity contribution in [1.82, 2.24) is 14.5 Å². The van der Waals surface area contributed by atoms with Crippen molar-refractivity contribution >= 4 is 56.1 Å². The number of carbonyl (C=O) groups excluding carboxylic acids is 2. The number of benzene rings is 2. The minimum atomic E-state index is -0.584. The summed E-state index contributed by atoms with van der Waals surface area (Å²) in [5.74, 6) is -1.17. The number of hydrogen-bond donors (Lipinski definition) is 1. The van der Waals surface area contributed by atoms with E-state index in [1.54, 1.807) is 47.8 Å². The predicted molar refractivity (Wildman–Crippen MR) is 119 cm³/mol. The Morgan fingerprint density at radius 1 is 0.727 bits per heavy atom. The fourth-order valence-electron chi connectivity index (χ4n) is 4.34. The molecule has 0 saturated carbocycles. The van der Waals surface area contributed by atoms with Gasteiger partial charge in [-0.25, -0.2) is 0 Å². The topological polar surface area (TPSA) is 142 Å². The van der Waals surface area contributed by atoms with E-state index in [4.69, 9.17) is 0 Å². The van der Waals surface area contributed by atoms with Crippen LogP contribution in [-0.2, 0) is 23.7 Å². The van der Waals surface area contributed by atoms with E-state index >= 15 is 0 Å². The monoisotopic (exact) mass is 445 g/mol. The predicted octanol–water partition coefficient (Wildman–Crippen LogP) is 3.05. The number of aromatic nitrogens is 2. The molecule has 0 saturated heterocycles. The first-order valence-electron chi connectivity index (χ1n) is 9.75. The molecule has 0 spiro atoms. The van der Waals surface area contributed by atoms with Crippen molar-refractivity contribution in [2.45, 2.75) is 0 Å². The molecular weight excluding hydrogens is 430 g/mol. The Labute approximate surface area is 184 Å². The molecular formula is C22H15N5O6. The summed E-state index contributed by atoms with van der Waals surface area (Å²) in [6.45, 7) is 0. The van der Waals surface area contributed by atoms with E-state index in [1.807, 2.05) is 0 Å². The third kappa shape index (κ3) is 2.90. The first kappa shape index (κ1) is 20.1. The Bertz CT molecular complexity index is 1490. The van der Waals surface area contributed by atoms with Gasteiger partial charge < -0.3 is 9.13 Å². The first-order valence-corrected chi connectivity index (χ1v) is 9.75. The quantitative estimate of drug-likeness (QED) is 0.291. The highest BCUT2D eigenvalue weighted by molar-refractivity contribution is 6.50. The van der Waals surface area contributed by atoms with Gasteiger partial charge in [0, 0.05) is 72.7 Å². The van der Waals surface area contributed by atoms with Crippen molar-refractivity contribution in [3.05, 3.63) is 80.1 Å². The maximum Gasteiger partial charge on any atom is 0.271 e. The maximum atomic E-state index is 12.9. The van der Waals surface area contributed by atoms with Gasteiger partial charge in [0.05, 0.1) is 32.0 Å². The van der Waals surface area contributed by atoms with E-state index in [2.05, 4.69) is 5.32 Å². The molecule has 0 fully saturated rings. The van der Waals surface area contributed by atoms with Crippen molar-refractivity contribution in [2.24, 2.45) is 14.1 Å². The van der Waals surface area contributed by atoms with Crippen molar-refractivity contribution in [1.29, 1.82) is 0 Å². The van der Waals surface area contributed by atoms with E-state index < -0.39 is 21.7 Å². The third-order valence-corrected chi connectivity index (χ3v) is 5.84. The van der Waals surface area contributed by atoms with Crippen LogP contribution in [0.4, 0.5) is 11.4 Å². The molecule has 3 heterocycles. The summed E-state index contributed by atoms with van der Waals surface area (Å²) in [5.41, 5.74) is 2.09. The Kier molecular flexibility index (Phi) is 4.18. The van der Waals surface area contributed by atoms with Crippen LogP contribution in [-0.4, -0.2) is 30.8 Å². The third-order valence-electron chi connectivity index (χ3n) is 5.84. The van der Waals surface area contributed by atoms with Crippen LogP contribution < -0.4 is 5.32 Å². The molecule has 2 aromatic heterocycles. The number of nitrogens with one attached hydrogen (secondary N) is 1. The van der Waals surface area contributed by atoms with Gasteiger partial charge in [0.25, 0.3) is 23.2 Å². The van der Waals surface area contributed by atoms with Gasteiger partial charge in [0.15, 0.2) is 0 Å². The summed E-state index contributed by atoms with van der Waals surface area (Å²) in [7, 11) is 3.39. The lowest BCUT2D eigenvalue weighted by atomic mass is 9.95. The van der Waals surface area contributed by atoms with Crippen LogP contribution >= 0.6 is 0 Å². The Morgan fingerprint density at radius 2 is 1.12 bits per heavy atom. The lowest BCUT2D eigenvalue weighted by Gasteiger charge is -2.03. The molecule has 1 N–H and O–H groups in total. The van der Waals surface area contributed by atoms with E-state index in [0.717, 1.165) is 0 Å². The van der Waals surface area contributed by atoms with Gasteiger partial charge in [-0.05, 0) is 12.1 Å². The number of aryl methyl sites for hydroxylation is 2. The van der Waals surface area contributed by atoms with Crippen LogP contribution in [0.1, 0.15) is 11.1 Å². The molecule has 1 aliphatic rings. The molecule has 1 aliphatic heterocycles. The first-order chi connectivity index (χ1) is 15.7. The molecule has 0 radical (unpaired) electrons. The highest BCUT2D eigenvalue weighted by atomic mass is 16.6. The number of nitro groups is 2. The molecule has 0 unspecified atom stereocenters.